The Bertz CT molecular complexity index is 699. The summed E-state index contributed by atoms with van der Waals surface area (Å²) in [5, 5.41) is 3.47. The number of carbonyl (C=O) groups is 1. The van der Waals surface area contributed by atoms with Gasteiger partial charge in [0.15, 0.2) is 0 Å². The predicted octanol–water partition coefficient (Wildman–Crippen LogP) is 3.50. The van der Waals surface area contributed by atoms with Crippen LogP contribution < -0.4 is 5.32 Å². The number of likely N-dealkylation sites (tertiary alicyclic amines) is 1. The molecule has 0 radical (unpaired) electrons. The second kappa shape index (κ2) is 8.10. The van der Waals surface area contributed by atoms with Gasteiger partial charge in [0.1, 0.15) is 5.82 Å². The number of halogens is 1. The van der Waals surface area contributed by atoms with Crippen molar-refractivity contribution in [3.8, 4) is 0 Å². The number of pyridine rings is 1. The van der Waals surface area contributed by atoms with Crippen molar-refractivity contribution in [2.75, 3.05) is 18.4 Å². The molecule has 1 unspecified atom stereocenters. The van der Waals surface area contributed by atoms with E-state index in [1.165, 1.54) is 6.07 Å². The minimum absolute atomic E-state index is 0.114. The molecule has 5 heteroatoms. The van der Waals surface area contributed by atoms with Gasteiger partial charge in [0, 0.05) is 37.4 Å². The molecule has 0 spiro atoms. The van der Waals surface area contributed by atoms with Crippen molar-refractivity contribution in [1.29, 1.82) is 0 Å². The molecule has 132 valence electrons. The lowest BCUT2D eigenvalue weighted by Gasteiger charge is -2.34. The van der Waals surface area contributed by atoms with Crippen LogP contribution in [0.5, 0.6) is 0 Å². The number of hydrogen-bond donors (Lipinski definition) is 1. The van der Waals surface area contributed by atoms with Gasteiger partial charge in [0.05, 0.1) is 5.69 Å². The van der Waals surface area contributed by atoms with Crippen molar-refractivity contribution in [2.45, 2.75) is 32.2 Å². The fraction of sp³-hybridized carbons (Fsp3) is 0.400. The smallest absolute Gasteiger partial charge is 0.225 e. The highest BCUT2D eigenvalue weighted by atomic mass is 19.1. The highest BCUT2D eigenvalue weighted by Crippen LogP contribution is 2.20. The Morgan fingerprint density at radius 2 is 2.04 bits per heavy atom. The summed E-state index contributed by atoms with van der Waals surface area (Å²) < 4.78 is 13.8. The maximum absolute atomic E-state index is 13.8. The molecule has 1 saturated heterocycles. The maximum Gasteiger partial charge on any atom is 0.225 e. The number of amides is 1. The number of aromatic nitrogens is 1. The number of carbonyl (C=O) groups excluding carboxylic acids is 1. The summed E-state index contributed by atoms with van der Waals surface area (Å²) in [6.45, 7) is 3.35. The third-order valence-electron chi connectivity index (χ3n) is 4.74. The summed E-state index contributed by atoms with van der Waals surface area (Å²) >= 11 is 0. The molecule has 0 bridgehead atoms. The Hall–Kier alpha value is -2.43. The zero-order valence-electron chi connectivity index (χ0n) is 14.5. The second-order valence-corrected chi connectivity index (χ2v) is 6.68. The van der Waals surface area contributed by atoms with Crippen molar-refractivity contribution in [3.63, 3.8) is 0 Å². The molecule has 1 aliphatic rings. The van der Waals surface area contributed by atoms with Crippen LogP contribution in [-0.4, -0.2) is 34.9 Å². The zero-order chi connectivity index (χ0) is 17.6. The lowest BCUT2D eigenvalue weighted by molar-refractivity contribution is -0.135. The van der Waals surface area contributed by atoms with Crippen LogP contribution >= 0.6 is 0 Å². The lowest BCUT2D eigenvalue weighted by atomic mass is 9.97. The molecule has 4 nitrogen and oxygen atoms in total. The normalized spacial score (nSPS) is 16.5. The van der Waals surface area contributed by atoms with Crippen LogP contribution in [0.2, 0.25) is 0 Å². The number of nitrogens with one attached hydrogen (secondary N) is 1. The first-order valence-electron chi connectivity index (χ1n) is 8.82. The minimum atomic E-state index is -0.235. The van der Waals surface area contributed by atoms with Crippen LogP contribution in [-0.2, 0) is 11.2 Å². The van der Waals surface area contributed by atoms with Crippen molar-refractivity contribution in [1.82, 2.24) is 9.88 Å². The second-order valence-electron chi connectivity index (χ2n) is 6.68. The summed E-state index contributed by atoms with van der Waals surface area (Å²) in [7, 11) is 0. The first kappa shape index (κ1) is 17.4. The maximum atomic E-state index is 13.8. The van der Waals surface area contributed by atoms with Crippen LogP contribution in [0.1, 0.15) is 25.3 Å². The molecule has 1 N–H and O–H groups in total. The van der Waals surface area contributed by atoms with Gasteiger partial charge < -0.3 is 10.2 Å². The molecule has 1 fully saturated rings. The molecule has 1 amide bonds. The fourth-order valence-electron chi connectivity index (χ4n) is 3.32. The number of hydrogen-bond acceptors (Lipinski definition) is 3. The van der Waals surface area contributed by atoms with Gasteiger partial charge >= 0.3 is 0 Å². The SMILES string of the molecule is CC(Cc1ccccc1F)C(=O)N1CCC(Nc2cccnc2)CC1. The molecule has 1 aliphatic heterocycles. The third-order valence-corrected chi connectivity index (χ3v) is 4.74. The van der Waals surface area contributed by atoms with E-state index in [1.54, 1.807) is 18.3 Å². The zero-order valence-corrected chi connectivity index (χ0v) is 14.5. The standard InChI is InChI=1S/C20H24FN3O/c1-15(13-16-5-2-3-7-19(16)21)20(25)24-11-8-17(9-12-24)23-18-6-4-10-22-14-18/h2-7,10,14-15,17,23H,8-9,11-13H2,1H3. The fourth-order valence-corrected chi connectivity index (χ4v) is 3.32. The third kappa shape index (κ3) is 4.56. The molecular formula is C20H24FN3O. The van der Waals surface area contributed by atoms with Gasteiger partial charge in [0.25, 0.3) is 0 Å². The van der Waals surface area contributed by atoms with E-state index in [0.29, 0.717) is 18.0 Å². The van der Waals surface area contributed by atoms with Gasteiger partial charge in [-0.1, -0.05) is 25.1 Å². The topological polar surface area (TPSA) is 45.2 Å². The number of piperidine rings is 1. The van der Waals surface area contributed by atoms with Crippen LogP contribution in [0.25, 0.3) is 0 Å². The molecule has 3 rings (SSSR count). The van der Waals surface area contributed by atoms with E-state index in [4.69, 9.17) is 0 Å². The summed E-state index contributed by atoms with van der Waals surface area (Å²) in [5.41, 5.74) is 1.62. The van der Waals surface area contributed by atoms with Gasteiger partial charge in [-0.15, -0.1) is 0 Å². The minimum Gasteiger partial charge on any atom is -0.381 e. The Morgan fingerprint density at radius 3 is 2.72 bits per heavy atom. The molecule has 2 heterocycles. The Kier molecular flexibility index (Phi) is 5.64. The van der Waals surface area contributed by atoms with E-state index in [0.717, 1.165) is 31.6 Å². The highest BCUT2D eigenvalue weighted by molar-refractivity contribution is 5.79. The van der Waals surface area contributed by atoms with Crippen molar-refractivity contribution in [3.05, 3.63) is 60.2 Å². The average Bonchev–Trinajstić information content (AvgIpc) is 2.64. The van der Waals surface area contributed by atoms with Crippen molar-refractivity contribution >= 4 is 11.6 Å². The van der Waals surface area contributed by atoms with E-state index >= 15 is 0 Å². The van der Waals surface area contributed by atoms with E-state index < -0.39 is 0 Å². The van der Waals surface area contributed by atoms with Crippen molar-refractivity contribution < 1.29 is 9.18 Å². The summed E-state index contributed by atoms with van der Waals surface area (Å²) in [6, 6.07) is 10.9. The van der Waals surface area contributed by atoms with Crippen molar-refractivity contribution in [2.24, 2.45) is 5.92 Å². The number of nitrogens with zero attached hydrogens (tertiary/aromatic N) is 2. The first-order valence-corrected chi connectivity index (χ1v) is 8.82. The predicted molar refractivity (Wildman–Crippen MR) is 96.7 cm³/mol. The van der Waals surface area contributed by atoms with Gasteiger partial charge in [-0.05, 0) is 43.0 Å². The van der Waals surface area contributed by atoms with Gasteiger partial charge in [-0.25, -0.2) is 4.39 Å². The summed E-state index contributed by atoms with van der Waals surface area (Å²) in [5.74, 6) is -0.329. The number of rotatable bonds is 5. The monoisotopic (exact) mass is 341 g/mol. The summed E-state index contributed by atoms with van der Waals surface area (Å²) in [6.07, 6.45) is 5.83. The number of benzene rings is 1. The van der Waals surface area contributed by atoms with Gasteiger partial charge in [-0.2, -0.15) is 0 Å². The van der Waals surface area contributed by atoms with Crippen LogP contribution in [0, 0.1) is 11.7 Å². The Morgan fingerprint density at radius 1 is 1.28 bits per heavy atom. The number of anilines is 1. The van der Waals surface area contributed by atoms with E-state index in [-0.39, 0.29) is 17.6 Å². The quantitative estimate of drug-likeness (QED) is 0.905. The molecular weight excluding hydrogens is 317 g/mol. The van der Waals surface area contributed by atoms with Crippen LogP contribution in [0.15, 0.2) is 48.8 Å². The molecule has 25 heavy (non-hydrogen) atoms. The van der Waals surface area contributed by atoms with Gasteiger partial charge in [-0.3, -0.25) is 9.78 Å². The average molecular weight is 341 g/mol. The largest absolute Gasteiger partial charge is 0.381 e. The van der Waals surface area contributed by atoms with E-state index in [9.17, 15) is 9.18 Å². The Balaban J connectivity index is 1.50. The van der Waals surface area contributed by atoms with Gasteiger partial charge in [0.2, 0.25) is 5.91 Å². The first-order chi connectivity index (χ1) is 12.1. The molecule has 1 aromatic heterocycles. The van der Waals surface area contributed by atoms with Crippen LogP contribution in [0.3, 0.4) is 0 Å². The van der Waals surface area contributed by atoms with E-state index in [1.807, 2.05) is 36.2 Å². The summed E-state index contributed by atoms with van der Waals surface area (Å²) in [4.78, 5) is 18.7. The highest BCUT2D eigenvalue weighted by Gasteiger charge is 2.26. The molecule has 1 atom stereocenters. The van der Waals surface area contributed by atoms with Crippen LogP contribution in [0.4, 0.5) is 10.1 Å². The molecule has 0 saturated carbocycles. The Labute approximate surface area is 148 Å². The van der Waals surface area contributed by atoms with E-state index in [2.05, 4.69) is 10.3 Å². The lowest BCUT2D eigenvalue weighted by Crippen LogP contribution is -2.44. The molecule has 1 aromatic carbocycles. The molecule has 0 aliphatic carbocycles. The molecule has 2 aromatic rings.